The van der Waals surface area contributed by atoms with E-state index < -0.39 is 10.7 Å². The molecule has 152 valence electrons. The summed E-state index contributed by atoms with van der Waals surface area (Å²) in [6.45, 7) is 1.47. The topological polar surface area (TPSA) is 102 Å². The Morgan fingerprint density at radius 2 is 1.62 bits per heavy atom. The van der Waals surface area contributed by atoms with Crippen LogP contribution in [0, 0.1) is 0 Å². The van der Waals surface area contributed by atoms with Crippen molar-refractivity contribution >= 4 is 38.8 Å². The van der Waals surface area contributed by atoms with Gasteiger partial charge in [0, 0.05) is 23.9 Å². The SMILES string of the molecule is CC(=O)Nc1nc(CCc2ccc(N)cc2)c(Cc2ccc(C[SH](=O)=O)cc2)s1. The van der Waals surface area contributed by atoms with E-state index in [1.807, 2.05) is 48.5 Å². The summed E-state index contributed by atoms with van der Waals surface area (Å²) in [7, 11) is -2.43. The van der Waals surface area contributed by atoms with Crippen molar-refractivity contribution in [1.82, 2.24) is 4.98 Å². The van der Waals surface area contributed by atoms with E-state index in [1.165, 1.54) is 23.8 Å². The van der Waals surface area contributed by atoms with E-state index in [4.69, 9.17) is 5.73 Å². The third kappa shape index (κ3) is 6.40. The van der Waals surface area contributed by atoms with Crippen LogP contribution in [0.3, 0.4) is 0 Å². The molecule has 0 fully saturated rings. The predicted molar refractivity (Wildman–Crippen MR) is 118 cm³/mol. The van der Waals surface area contributed by atoms with Crippen LogP contribution in [-0.2, 0) is 40.5 Å². The fourth-order valence-corrected chi connectivity index (χ4v) is 4.56. The van der Waals surface area contributed by atoms with E-state index >= 15 is 0 Å². The summed E-state index contributed by atoms with van der Waals surface area (Å²) in [5.74, 6) is -0.0955. The monoisotopic (exact) mass is 429 g/mol. The number of benzene rings is 2. The molecule has 29 heavy (non-hydrogen) atoms. The first-order valence-electron chi connectivity index (χ1n) is 9.19. The van der Waals surface area contributed by atoms with Crippen LogP contribution in [0.2, 0.25) is 0 Å². The molecule has 2 aromatic carbocycles. The number of thiol groups is 1. The zero-order valence-corrected chi connectivity index (χ0v) is 17.8. The number of nitrogen functional groups attached to an aromatic ring is 1. The third-order valence-electron chi connectivity index (χ3n) is 4.39. The van der Waals surface area contributed by atoms with Crippen LogP contribution in [0.4, 0.5) is 10.8 Å². The quantitative estimate of drug-likeness (QED) is 0.377. The average molecular weight is 430 g/mol. The van der Waals surface area contributed by atoms with Crippen molar-refractivity contribution in [2.75, 3.05) is 11.1 Å². The number of nitrogens with two attached hydrogens (primary N) is 1. The van der Waals surface area contributed by atoms with Gasteiger partial charge in [0.25, 0.3) is 0 Å². The van der Waals surface area contributed by atoms with Gasteiger partial charge in [0.15, 0.2) is 5.13 Å². The second-order valence-corrected chi connectivity index (χ2v) is 8.86. The van der Waals surface area contributed by atoms with Gasteiger partial charge in [0.2, 0.25) is 5.91 Å². The van der Waals surface area contributed by atoms with Gasteiger partial charge < -0.3 is 11.1 Å². The maximum Gasteiger partial charge on any atom is 0.223 e. The second-order valence-electron chi connectivity index (χ2n) is 6.80. The molecule has 0 saturated heterocycles. The first-order chi connectivity index (χ1) is 13.9. The van der Waals surface area contributed by atoms with Gasteiger partial charge in [-0.2, -0.15) is 0 Å². The molecular formula is C21H23N3O3S2. The van der Waals surface area contributed by atoms with Gasteiger partial charge in [-0.1, -0.05) is 36.4 Å². The van der Waals surface area contributed by atoms with Crippen molar-refractivity contribution in [2.45, 2.75) is 31.9 Å². The Morgan fingerprint density at radius 1 is 1.00 bits per heavy atom. The molecule has 0 radical (unpaired) electrons. The molecule has 0 aliphatic rings. The number of amides is 1. The van der Waals surface area contributed by atoms with Crippen LogP contribution in [0.1, 0.15) is 34.2 Å². The van der Waals surface area contributed by atoms with E-state index in [2.05, 4.69) is 10.3 Å². The molecule has 1 amide bonds. The van der Waals surface area contributed by atoms with Gasteiger partial charge >= 0.3 is 0 Å². The highest BCUT2D eigenvalue weighted by Gasteiger charge is 2.13. The fourth-order valence-electron chi connectivity index (χ4n) is 2.96. The van der Waals surface area contributed by atoms with E-state index in [0.717, 1.165) is 40.2 Å². The summed E-state index contributed by atoms with van der Waals surface area (Å²) in [6, 6.07) is 15.3. The highest BCUT2D eigenvalue weighted by atomic mass is 32.2. The smallest absolute Gasteiger partial charge is 0.223 e. The van der Waals surface area contributed by atoms with Crippen molar-refractivity contribution in [1.29, 1.82) is 0 Å². The number of anilines is 2. The number of nitrogens with one attached hydrogen (secondary N) is 1. The zero-order valence-electron chi connectivity index (χ0n) is 16.1. The number of thiazole rings is 1. The van der Waals surface area contributed by atoms with Crippen LogP contribution in [0.5, 0.6) is 0 Å². The lowest BCUT2D eigenvalue weighted by atomic mass is 10.0. The fraction of sp³-hybridized carbons (Fsp3) is 0.238. The Kier molecular flexibility index (Phi) is 7.00. The van der Waals surface area contributed by atoms with E-state index in [-0.39, 0.29) is 11.7 Å². The molecule has 3 aromatic rings. The minimum atomic E-state index is -2.43. The largest absolute Gasteiger partial charge is 0.399 e. The zero-order chi connectivity index (χ0) is 20.8. The van der Waals surface area contributed by atoms with E-state index in [9.17, 15) is 13.2 Å². The molecule has 0 aliphatic heterocycles. The number of carbonyl (C=O) groups excluding carboxylic acids is 1. The third-order valence-corrected chi connectivity index (χ3v) is 6.03. The number of rotatable bonds is 8. The van der Waals surface area contributed by atoms with Gasteiger partial charge in [-0.05, 0) is 41.7 Å². The molecule has 0 unspecified atom stereocenters. The van der Waals surface area contributed by atoms with Crippen molar-refractivity contribution in [2.24, 2.45) is 0 Å². The van der Waals surface area contributed by atoms with Gasteiger partial charge in [-0.25, -0.2) is 13.4 Å². The number of nitrogens with zero attached hydrogens (tertiary/aromatic N) is 1. The van der Waals surface area contributed by atoms with Gasteiger partial charge in [-0.15, -0.1) is 11.3 Å². The first-order valence-corrected chi connectivity index (χ1v) is 11.4. The predicted octanol–water partition coefficient (Wildman–Crippen LogP) is 3.17. The Labute approximate surface area is 175 Å². The highest BCUT2D eigenvalue weighted by molar-refractivity contribution is 7.71. The Morgan fingerprint density at radius 3 is 2.24 bits per heavy atom. The maximum absolute atomic E-state index is 11.4. The standard InChI is InChI=1S/C21H23N3O3S2/c1-14(25)23-21-24-19(11-8-15-6-9-18(22)10-7-15)20(28-21)12-16-2-4-17(5-3-16)13-29(26)27/h2-7,9-10,29H,8,11-13,22H2,1H3,(H,23,24,25). The molecule has 8 heteroatoms. The summed E-state index contributed by atoms with van der Waals surface area (Å²) < 4.78 is 21.8. The van der Waals surface area contributed by atoms with E-state index in [1.54, 1.807) is 0 Å². The molecule has 1 heterocycles. The number of hydrogen-bond donors (Lipinski definition) is 3. The summed E-state index contributed by atoms with van der Waals surface area (Å²) in [5.41, 5.74) is 10.5. The molecule has 1 aromatic heterocycles. The van der Waals surface area contributed by atoms with Crippen LogP contribution in [0.15, 0.2) is 48.5 Å². The molecule has 3 N–H and O–H groups in total. The number of hydrogen-bond acceptors (Lipinski definition) is 6. The summed E-state index contributed by atoms with van der Waals surface area (Å²) >= 11 is 1.48. The minimum Gasteiger partial charge on any atom is -0.399 e. The lowest BCUT2D eigenvalue weighted by Crippen LogP contribution is -2.05. The van der Waals surface area contributed by atoms with Crippen molar-refractivity contribution < 1.29 is 13.2 Å². The first kappa shape index (κ1) is 21.0. The molecule has 0 spiro atoms. The normalized spacial score (nSPS) is 11.0. The lowest BCUT2D eigenvalue weighted by Gasteiger charge is -2.05. The minimum absolute atomic E-state index is 0.0513. The Bertz CT molecular complexity index is 1050. The van der Waals surface area contributed by atoms with Gasteiger partial charge in [-0.3, -0.25) is 4.79 Å². The van der Waals surface area contributed by atoms with E-state index in [0.29, 0.717) is 11.6 Å². The average Bonchev–Trinajstić information content (AvgIpc) is 3.03. The summed E-state index contributed by atoms with van der Waals surface area (Å²) in [4.78, 5) is 17.1. The van der Waals surface area contributed by atoms with Crippen LogP contribution in [-0.4, -0.2) is 19.3 Å². The molecule has 3 rings (SSSR count). The maximum atomic E-state index is 11.4. The highest BCUT2D eigenvalue weighted by Crippen LogP contribution is 2.27. The van der Waals surface area contributed by atoms with Crippen LogP contribution >= 0.6 is 11.3 Å². The molecule has 0 bridgehead atoms. The van der Waals surface area contributed by atoms with Crippen molar-refractivity contribution in [3.8, 4) is 0 Å². The Balaban J connectivity index is 1.77. The molecular weight excluding hydrogens is 406 g/mol. The molecule has 0 aliphatic carbocycles. The van der Waals surface area contributed by atoms with Crippen molar-refractivity contribution in [3.05, 3.63) is 75.8 Å². The lowest BCUT2D eigenvalue weighted by molar-refractivity contribution is -0.114. The van der Waals surface area contributed by atoms with Crippen LogP contribution in [0.25, 0.3) is 0 Å². The van der Waals surface area contributed by atoms with Gasteiger partial charge in [0.1, 0.15) is 10.7 Å². The van der Waals surface area contributed by atoms with Gasteiger partial charge in [0.05, 0.1) is 11.4 Å². The van der Waals surface area contributed by atoms with Crippen LogP contribution < -0.4 is 11.1 Å². The van der Waals surface area contributed by atoms with Crippen molar-refractivity contribution in [3.63, 3.8) is 0 Å². The number of carbonyl (C=O) groups is 1. The number of aryl methyl sites for hydroxylation is 2. The molecule has 6 nitrogen and oxygen atoms in total. The number of aromatic nitrogens is 1. The molecule has 0 atom stereocenters. The second kappa shape index (κ2) is 9.67. The summed E-state index contributed by atoms with van der Waals surface area (Å²) in [5, 5.41) is 3.37. The Hall–Kier alpha value is -2.71. The summed E-state index contributed by atoms with van der Waals surface area (Å²) in [6.07, 6.45) is 2.26. The molecule has 0 saturated carbocycles.